The Morgan fingerprint density at radius 1 is 1.08 bits per heavy atom. The maximum atomic E-state index is 13.2. The Labute approximate surface area is 207 Å². The number of aromatic amines is 1. The molecule has 1 saturated heterocycles. The summed E-state index contributed by atoms with van der Waals surface area (Å²) in [7, 11) is 1.88. The summed E-state index contributed by atoms with van der Waals surface area (Å²) in [4.78, 5) is 21.0. The zero-order chi connectivity index (χ0) is 25.1. The number of piperazine rings is 1. The van der Waals surface area contributed by atoms with Crippen LogP contribution in [0.5, 0.6) is 0 Å². The lowest BCUT2D eigenvalue weighted by Gasteiger charge is -2.36. The van der Waals surface area contributed by atoms with E-state index in [0.717, 1.165) is 40.1 Å². The molecular formula is C25H27FN10. The minimum Gasteiger partial charge on any atom is -0.358 e. The highest BCUT2D eigenvalue weighted by molar-refractivity contribution is 6.01. The number of aryl methyl sites for hydroxylation is 1. The molecule has 10 nitrogen and oxygen atoms in total. The zero-order valence-corrected chi connectivity index (χ0v) is 19.8. The van der Waals surface area contributed by atoms with Crippen molar-refractivity contribution in [2.75, 3.05) is 31.1 Å². The number of hydrogen-bond acceptors (Lipinski definition) is 6. The second kappa shape index (κ2) is 10.1. The molecule has 0 bridgehead atoms. The number of benzene rings is 1. The number of anilines is 1. The van der Waals surface area contributed by atoms with Crippen molar-refractivity contribution in [2.24, 2.45) is 17.8 Å². The standard InChI is InChI=1S/C25H27FN10/c1-34-15-20(14-33-34)18-10-22(29-11-18)24(32-16-27)35-6-8-36(9-7-35)25-30-12-19(13-31-25)23(28)17-2-4-21(26)5-3-17/h2-5,10-16,23,27,29H,6-9,28H2,1H3/b27-16?,32-24+/t23-/m0/s1. The van der Waals surface area contributed by atoms with Gasteiger partial charge in [0.25, 0.3) is 0 Å². The van der Waals surface area contributed by atoms with E-state index in [0.29, 0.717) is 32.1 Å². The van der Waals surface area contributed by atoms with Crippen molar-refractivity contribution in [1.82, 2.24) is 29.6 Å². The topological polar surface area (TPSA) is 128 Å². The number of amidine groups is 1. The number of nitrogens with zero attached hydrogens (tertiary/aromatic N) is 7. The van der Waals surface area contributed by atoms with Gasteiger partial charge in [0.05, 0.1) is 17.9 Å². The number of hydrogen-bond donors (Lipinski definition) is 3. The number of halogens is 1. The molecule has 3 aromatic heterocycles. The van der Waals surface area contributed by atoms with Crippen molar-refractivity contribution < 1.29 is 4.39 Å². The highest BCUT2D eigenvalue weighted by Crippen LogP contribution is 2.22. The van der Waals surface area contributed by atoms with Crippen LogP contribution < -0.4 is 10.6 Å². The van der Waals surface area contributed by atoms with Crippen LogP contribution in [0.4, 0.5) is 10.3 Å². The maximum absolute atomic E-state index is 13.2. The summed E-state index contributed by atoms with van der Waals surface area (Å²) in [6, 6.07) is 7.74. The molecule has 0 radical (unpaired) electrons. The van der Waals surface area contributed by atoms with E-state index in [1.165, 1.54) is 12.1 Å². The largest absolute Gasteiger partial charge is 0.358 e. The number of rotatable bonds is 6. The Hall–Kier alpha value is -4.38. The minimum absolute atomic E-state index is 0.296. The van der Waals surface area contributed by atoms with Gasteiger partial charge in [0.1, 0.15) is 12.2 Å². The van der Waals surface area contributed by atoms with Crippen molar-refractivity contribution in [2.45, 2.75) is 6.04 Å². The van der Waals surface area contributed by atoms with Gasteiger partial charge in [-0.1, -0.05) is 12.1 Å². The van der Waals surface area contributed by atoms with Crippen molar-refractivity contribution in [1.29, 1.82) is 5.41 Å². The minimum atomic E-state index is -0.422. The number of H-pyrrole nitrogens is 1. The van der Waals surface area contributed by atoms with Gasteiger partial charge in [-0.15, -0.1) is 0 Å². The first-order valence-electron chi connectivity index (χ1n) is 11.6. The predicted molar refractivity (Wildman–Crippen MR) is 137 cm³/mol. The molecule has 4 heterocycles. The first kappa shape index (κ1) is 23.4. The fraction of sp³-hybridized carbons (Fsp3) is 0.240. The number of nitrogens with two attached hydrogens (primary N) is 1. The third-order valence-corrected chi connectivity index (χ3v) is 6.26. The van der Waals surface area contributed by atoms with Crippen LogP contribution in [0.3, 0.4) is 0 Å². The lowest BCUT2D eigenvalue weighted by molar-refractivity contribution is 0.383. The van der Waals surface area contributed by atoms with Gasteiger partial charge in [0.2, 0.25) is 5.95 Å². The fourth-order valence-electron chi connectivity index (χ4n) is 4.28. The normalized spacial score (nSPS) is 15.2. The van der Waals surface area contributed by atoms with Gasteiger partial charge >= 0.3 is 0 Å². The summed E-state index contributed by atoms with van der Waals surface area (Å²) >= 11 is 0. The summed E-state index contributed by atoms with van der Waals surface area (Å²) in [5, 5.41) is 11.8. The van der Waals surface area contributed by atoms with Gasteiger partial charge in [0, 0.05) is 74.7 Å². The van der Waals surface area contributed by atoms with E-state index < -0.39 is 6.04 Å². The molecule has 0 spiro atoms. The smallest absolute Gasteiger partial charge is 0.225 e. The first-order valence-corrected chi connectivity index (χ1v) is 11.6. The van der Waals surface area contributed by atoms with Crippen molar-refractivity contribution in [3.8, 4) is 11.1 Å². The third-order valence-electron chi connectivity index (χ3n) is 6.26. The number of aromatic nitrogens is 5. The van der Waals surface area contributed by atoms with E-state index in [1.54, 1.807) is 29.2 Å². The van der Waals surface area contributed by atoms with E-state index in [2.05, 4.69) is 34.8 Å². The highest BCUT2D eigenvalue weighted by Gasteiger charge is 2.23. The monoisotopic (exact) mass is 486 g/mol. The average molecular weight is 487 g/mol. The fourth-order valence-corrected chi connectivity index (χ4v) is 4.28. The lowest BCUT2D eigenvalue weighted by Crippen LogP contribution is -2.49. The van der Waals surface area contributed by atoms with E-state index in [-0.39, 0.29) is 5.82 Å². The molecule has 1 aliphatic rings. The number of nitrogens with one attached hydrogen (secondary N) is 2. The summed E-state index contributed by atoms with van der Waals surface area (Å²) in [6.07, 6.45) is 10.2. The Balaban J connectivity index is 1.24. The van der Waals surface area contributed by atoms with Crippen molar-refractivity contribution in [3.05, 3.63) is 84.0 Å². The molecule has 0 aliphatic carbocycles. The Morgan fingerprint density at radius 2 is 1.81 bits per heavy atom. The van der Waals surface area contributed by atoms with Crippen LogP contribution >= 0.6 is 0 Å². The SMILES string of the molecule is Cn1cc(-c2c[nH]c(/C(=N\C=N)N3CCN(c4ncc([C@@H](N)c5ccc(F)cc5)cn4)CC3)c2)cn1. The first-order chi connectivity index (χ1) is 17.5. The molecule has 184 valence electrons. The van der Waals surface area contributed by atoms with Crippen molar-refractivity contribution in [3.63, 3.8) is 0 Å². The Bertz CT molecular complexity index is 1350. The van der Waals surface area contributed by atoms with Crippen LogP contribution in [-0.4, -0.2) is 68.0 Å². The third kappa shape index (κ3) is 4.86. The van der Waals surface area contributed by atoms with Crippen LogP contribution in [0.2, 0.25) is 0 Å². The average Bonchev–Trinajstić information content (AvgIpc) is 3.57. The quantitative estimate of drug-likeness (QED) is 0.284. The highest BCUT2D eigenvalue weighted by atomic mass is 19.1. The number of aliphatic imine (C=N–C) groups is 1. The molecule has 0 saturated carbocycles. The molecule has 0 unspecified atom stereocenters. The molecule has 4 N–H and O–H groups in total. The maximum Gasteiger partial charge on any atom is 0.225 e. The summed E-state index contributed by atoms with van der Waals surface area (Å²) in [5.74, 6) is 1.06. The predicted octanol–water partition coefficient (Wildman–Crippen LogP) is 2.57. The molecule has 1 atom stereocenters. The van der Waals surface area contributed by atoms with Crippen LogP contribution in [-0.2, 0) is 7.05 Å². The molecule has 36 heavy (non-hydrogen) atoms. The molecule has 0 amide bonds. The Morgan fingerprint density at radius 3 is 2.44 bits per heavy atom. The van der Waals surface area contributed by atoms with Crippen LogP contribution in [0.25, 0.3) is 11.1 Å². The molecule has 5 rings (SSSR count). The molecule has 1 fully saturated rings. The lowest BCUT2D eigenvalue weighted by atomic mass is 10.0. The Kier molecular flexibility index (Phi) is 6.54. The van der Waals surface area contributed by atoms with Gasteiger partial charge in [0.15, 0.2) is 5.84 Å². The van der Waals surface area contributed by atoms with E-state index in [4.69, 9.17) is 11.1 Å². The van der Waals surface area contributed by atoms with Gasteiger partial charge in [-0.3, -0.25) is 10.1 Å². The molecule has 1 aromatic carbocycles. The van der Waals surface area contributed by atoms with Crippen LogP contribution in [0.15, 0.2) is 66.3 Å². The van der Waals surface area contributed by atoms with E-state index in [9.17, 15) is 4.39 Å². The van der Waals surface area contributed by atoms with Crippen LogP contribution in [0, 0.1) is 11.2 Å². The van der Waals surface area contributed by atoms with Gasteiger partial charge < -0.3 is 20.5 Å². The second-order valence-electron chi connectivity index (χ2n) is 8.61. The summed E-state index contributed by atoms with van der Waals surface area (Å²) in [6.45, 7) is 2.81. The van der Waals surface area contributed by atoms with Gasteiger partial charge in [-0.05, 0) is 23.8 Å². The molecule has 4 aromatic rings. The van der Waals surface area contributed by atoms with Gasteiger partial charge in [-0.25, -0.2) is 19.4 Å². The van der Waals surface area contributed by atoms with Crippen molar-refractivity contribution >= 4 is 18.1 Å². The summed E-state index contributed by atoms with van der Waals surface area (Å²) in [5.41, 5.74) is 10.8. The summed E-state index contributed by atoms with van der Waals surface area (Å²) < 4.78 is 15.0. The zero-order valence-electron chi connectivity index (χ0n) is 19.8. The van der Waals surface area contributed by atoms with E-state index in [1.807, 2.05) is 31.7 Å². The molecule has 11 heteroatoms. The van der Waals surface area contributed by atoms with E-state index >= 15 is 0 Å². The van der Waals surface area contributed by atoms with Gasteiger partial charge in [-0.2, -0.15) is 5.10 Å². The second-order valence-corrected chi connectivity index (χ2v) is 8.61. The molecule has 1 aliphatic heterocycles. The molecular weight excluding hydrogens is 459 g/mol. The van der Waals surface area contributed by atoms with Crippen LogP contribution in [0.1, 0.15) is 22.9 Å².